The summed E-state index contributed by atoms with van der Waals surface area (Å²) in [6.45, 7) is 5.61. The highest BCUT2D eigenvalue weighted by Gasteiger charge is 2.55. The van der Waals surface area contributed by atoms with Crippen LogP contribution in [0.5, 0.6) is 0 Å². The van der Waals surface area contributed by atoms with Crippen LogP contribution < -0.4 is 28.7 Å². The molecule has 3 saturated heterocycles. The average Bonchev–Trinajstić information content (AvgIpc) is 3.58. The number of hydrogen-bond donors (Lipinski definition) is 12. The number of unbranched alkanes of at least 4 members (excludes halogenated alkanes) is 10. The van der Waals surface area contributed by atoms with Gasteiger partial charge in [0.2, 0.25) is 0 Å². The molecule has 3 heterocycles. The van der Waals surface area contributed by atoms with Crippen LogP contribution in [-0.4, -0.2) is 203 Å². The van der Waals surface area contributed by atoms with Gasteiger partial charge >= 0.3 is 0 Å². The SMILES string of the molecule is CCCCCCCCN(CCCCCCCC)CCO[C@H]1[C@H](O[C@H]2C(O[C@H]3O[C@H](CO)[C@@H](O)[C@H](O)[C@H]3N)[C@@H](N)C[C@@H](N)[C@@H]2O)O[C@H](CO)[C@H]1O[C@H]1O[C@@H](CN)[C@@H](O)[C@H](O)[C@H]1N. The van der Waals surface area contributed by atoms with Gasteiger partial charge in [-0.2, -0.15) is 0 Å². The maximum absolute atomic E-state index is 11.5. The Labute approximate surface area is 361 Å². The molecule has 0 aromatic rings. The van der Waals surface area contributed by atoms with E-state index in [2.05, 4.69) is 18.7 Å². The largest absolute Gasteiger partial charge is 0.394 e. The Kier molecular flexibility index (Phi) is 23.4. The monoisotopic (exact) mass is 883 g/mol. The van der Waals surface area contributed by atoms with E-state index in [9.17, 15) is 35.7 Å². The fourth-order valence-corrected chi connectivity index (χ4v) is 8.74. The summed E-state index contributed by atoms with van der Waals surface area (Å²) in [5.74, 6) is 0. The third kappa shape index (κ3) is 14.6. The lowest BCUT2D eigenvalue weighted by Crippen LogP contribution is -2.68. The van der Waals surface area contributed by atoms with Crippen molar-refractivity contribution in [1.29, 1.82) is 0 Å². The predicted octanol–water partition coefficient (Wildman–Crippen LogP) is -2.81. The van der Waals surface area contributed by atoms with Gasteiger partial charge in [0.05, 0.1) is 38.0 Å². The van der Waals surface area contributed by atoms with Crippen molar-refractivity contribution in [2.75, 3.05) is 46.0 Å². The minimum absolute atomic E-state index is 0.0964. The number of nitrogens with zero attached hydrogens (tertiary/aromatic N) is 1. The van der Waals surface area contributed by atoms with Crippen molar-refractivity contribution < 1.29 is 68.9 Å². The first-order valence-electron chi connectivity index (χ1n) is 22.9. The van der Waals surface area contributed by atoms with Crippen molar-refractivity contribution in [3.05, 3.63) is 0 Å². The van der Waals surface area contributed by atoms with E-state index < -0.39 is 129 Å². The summed E-state index contributed by atoms with van der Waals surface area (Å²) < 4.78 is 43.6. The van der Waals surface area contributed by atoms with E-state index in [0.29, 0.717) is 6.54 Å². The molecule has 0 radical (unpaired) electrons. The van der Waals surface area contributed by atoms with Gasteiger partial charge in [-0.15, -0.1) is 0 Å². The lowest BCUT2D eigenvalue weighted by molar-refractivity contribution is -0.312. The van der Waals surface area contributed by atoms with Gasteiger partial charge in [-0.05, 0) is 32.4 Å². The minimum atomic E-state index is -1.52. The molecular formula is C41H82N6O14. The van der Waals surface area contributed by atoms with Crippen LogP contribution in [0, 0.1) is 0 Å². The van der Waals surface area contributed by atoms with Crippen LogP contribution in [0.15, 0.2) is 0 Å². The first-order valence-corrected chi connectivity index (χ1v) is 22.9. The van der Waals surface area contributed by atoms with Crippen molar-refractivity contribution in [2.45, 2.75) is 214 Å². The number of nitrogens with two attached hydrogens (primary N) is 5. The second kappa shape index (κ2) is 27.0. The zero-order valence-corrected chi connectivity index (χ0v) is 36.4. The standard InChI is InChI=1S/C41H82N6O14/c1-3-5-7-9-11-13-15-47(16-14-12-10-8-6-4-2)17-18-55-38-36(60-39-28(45)33(53)31(51)25(20-42)56-39)27(22-49)58-41(38)61-37-30(50)23(43)19-24(44)35(37)59-40-29(46)34(54)32(52)26(21-48)57-40/h23-41,48-54H,3-22,42-46H2,1-2H3/t23-,24+,25+,26-,27-,28-,29-,30+,31-,32-,33-,34-,35?,36-,37-,38-,39-,40-,41+/m1/s1. The predicted molar refractivity (Wildman–Crippen MR) is 223 cm³/mol. The molecule has 3 aliphatic heterocycles. The summed E-state index contributed by atoms with van der Waals surface area (Å²) in [5.41, 5.74) is 31.3. The molecule has 1 saturated carbocycles. The number of aliphatic hydroxyl groups is 7. The van der Waals surface area contributed by atoms with E-state index in [4.69, 9.17) is 61.8 Å². The van der Waals surface area contributed by atoms with Crippen LogP contribution in [0.4, 0.5) is 0 Å². The smallest absolute Gasteiger partial charge is 0.187 e. The molecule has 0 spiro atoms. The number of rotatable bonds is 27. The van der Waals surface area contributed by atoms with Crippen LogP contribution in [0.1, 0.15) is 97.3 Å². The molecule has 1 aliphatic carbocycles. The molecule has 17 N–H and O–H groups in total. The van der Waals surface area contributed by atoms with Crippen molar-refractivity contribution >= 4 is 0 Å². The molecule has 4 rings (SSSR count). The van der Waals surface area contributed by atoms with Crippen LogP contribution in [-0.2, 0) is 33.2 Å². The summed E-state index contributed by atoms with van der Waals surface area (Å²) in [6.07, 6.45) is -5.14. The van der Waals surface area contributed by atoms with Crippen LogP contribution in [0.3, 0.4) is 0 Å². The summed E-state index contributed by atoms with van der Waals surface area (Å²) >= 11 is 0. The van der Waals surface area contributed by atoms with E-state index in [1.165, 1.54) is 51.4 Å². The molecule has 19 atom stereocenters. The summed E-state index contributed by atoms with van der Waals surface area (Å²) in [5, 5.41) is 74.3. The number of ether oxygens (including phenoxy) is 7. The third-order valence-electron chi connectivity index (χ3n) is 12.7. The van der Waals surface area contributed by atoms with Gasteiger partial charge in [0.15, 0.2) is 18.9 Å². The molecule has 4 aliphatic rings. The maximum atomic E-state index is 11.5. The second-order valence-electron chi connectivity index (χ2n) is 17.4. The van der Waals surface area contributed by atoms with Crippen molar-refractivity contribution in [1.82, 2.24) is 4.90 Å². The Morgan fingerprint density at radius 3 is 1.52 bits per heavy atom. The fourth-order valence-electron chi connectivity index (χ4n) is 8.74. The first kappa shape index (κ1) is 52.8. The highest BCUT2D eigenvalue weighted by Crippen LogP contribution is 2.35. The average molecular weight is 883 g/mol. The Morgan fingerprint density at radius 2 is 0.984 bits per heavy atom. The van der Waals surface area contributed by atoms with Gasteiger partial charge < -0.3 is 102 Å². The summed E-state index contributed by atoms with van der Waals surface area (Å²) in [4.78, 5) is 2.39. The maximum Gasteiger partial charge on any atom is 0.187 e. The van der Waals surface area contributed by atoms with Crippen LogP contribution in [0.2, 0.25) is 0 Å². The van der Waals surface area contributed by atoms with E-state index in [1.54, 1.807) is 0 Å². The van der Waals surface area contributed by atoms with Gasteiger partial charge in [-0.25, -0.2) is 0 Å². The summed E-state index contributed by atoms with van der Waals surface area (Å²) in [6, 6.07) is -4.21. The first-order chi connectivity index (χ1) is 29.3. The highest BCUT2D eigenvalue weighted by molar-refractivity contribution is 5.02. The molecule has 0 bridgehead atoms. The van der Waals surface area contributed by atoms with Crippen LogP contribution >= 0.6 is 0 Å². The number of hydrogen-bond acceptors (Lipinski definition) is 20. The molecule has 61 heavy (non-hydrogen) atoms. The highest BCUT2D eigenvalue weighted by atomic mass is 16.8. The molecule has 0 amide bonds. The lowest BCUT2D eigenvalue weighted by atomic mass is 9.84. The Balaban J connectivity index is 1.57. The van der Waals surface area contributed by atoms with Gasteiger partial charge in [0.25, 0.3) is 0 Å². The van der Waals surface area contributed by atoms with E-state index in [1.807, 2.05) is 0 Å². The second-order valence-corrected chi connectivity index (χ2v) is 17.4. The van der Waals surface area contributed by atoms with Crippen LogP contribution in [0.25, 0.3) is 0 Å². The van der Waals surface area contributed by atoms with Crippen molar-refractivity contribution in [3.63, 3.8) is 0 Å². The Morgan fingerprint density at radius 1 is 0.508 bits per heavy atom. The normalized spacial score (nSPS) is 40.9. The summed E-state index contributed by atoms with van der Waals surface area (Å²) in [7, 11) is 0. The molecule has 4 fully saturated rings. The van der Waals surface area contributed by atoms with Crippen molar-refractivity contribution in [2.24, 2.45) is 28.7 Å². The zero-order valence-electron chi connectivity index (χ0n) is 36.4. The van der Waals surface area contributed by atoms with E-state index in [-0.39, 0.29) is 19.6 Å². The van der Waals surface area contributed by atoms with Gasteiger partial charge in [-0.3, -0.25) is 0 Å². The molecule has 20 nitrogen and oxygen atoms in total. The third-order valence-corrected chi connectivity index (χ3v) is 12.7. The molecule has 1 unspecified atom stereocenters. The molecular weight excluding hydrogens is 800 g/mol. The molecule has 20 heteroatoms. The zero-order chi connectivity index (χ0) is 44.6. The number of aliphatic hydroxyl groups excluding tert-OH is 7. The van der Waals surface area contributed by atoms with Gasteiger partial charge in [0, 0.05) is 25.2 Å². The van der Waals surface area contributed by atoms with Gasteiger partial charge in [0.1, 0.15) is 67.1 Å². The Bertz CT molecular complexity index is 1170. The molecule has 0 aromatic carbocycles. The van der Waals surface area contributed by atoms with Gasteiger partial charge in [-0.1, -0.05) is 78.1 Å². The fraction of sp³-hybridized carbons (Fsp3) is 1.00. The molecule has 0 aromatic heterocycles. The minimum Gasteiger partial charge on any atom is -0.394 e. The van der Waals surface area contributed by atoms with E-state index in [0.717, 1.165) is 38.8 Å². The quantitative estimate of drug-likeness (QED) is 0.0370. The van der Waals surface area contributed by atoms with Crippen molar-refractivity contribution in [3.8, 4) is 0 Å². The lowest BCUT2D eigenvalue weighted by Gasteiger charge is -2.47. The Hall–Kier alpha value is -0.800. The topological polar surface area (TPSA) is 340 Å². The molecule has 360 valence electrons. The van der Waals surface area contributed by atoms with E-state index >= 15 is 0 Å².